The Labute approximate surface area is 167 Å². The van der Waals surface area contributed by atoms with E-state index in [-0.39, 0.29) is 24.3 Å². The molecule has 148 valence electrons. The van der Waals surface area contributed by atoms with Crippen LogP contribution in [0.15, 0.2) is 47.1 Å². The lowest BCUT2D eigenvalue weighted by atomic mass is 9.97. The highest BCUT2D eigenvalue weighted by atomic mass is 35.5. The number of piperidine rings is 1. The summed E-state index contributed by atoms with van der Waals surface area (Å²) in [6.07, 6.45) is 2.56. The van der Waals surface area contributed by atoms with E-state index in [1.54, 1.807) is 47.6 Å². The molecule has 0 atom stereocenters. The van der Waals surface area contributed by atoms with E-state index in [4.69, 9.17) is 20.8 Å². The van der Waals surface area contributed by atoms with Gasteiger partial charge in [-0.25, -0.2) is 4.79 Å². The fraction of sp³-hybridized carbons (Fsp3) is 0.350. The smallest absolute Gasteiger partial charge is 0.317 e. The Morgan fingerprint density at radius 2 is 1.86 bits per heavy atom. The lowest BCUT2D eigenvalue weighted by Gasteiger charge is -2.30. The predicted molar refractivity (Wildman–Crippen MR) is 102 cm³/mol. The first-order valence-corrected chi connectivity index (χ1v) is 9.41. The van der Waals surface area contributed by atoms with E-state index < -0.39 is 5.97 Å². The third-order valence-electron chi connectivity index (χ3n) is 4.62. The molecule has 0 radical (unpaired) electrons. The van der Waals surface area contributed by atoms with Crippen LogP contribution in [0.3, 0.4) is 0 Å². The molecule has 7 nitrogen and oxygen atoms in total. The fourth-order valence-corrected chi connectivity index (χ4v) is 3.11. The van der Waals surface area contributed by atoms with Gasteiger partial charge in [0.05, 0.1) is 18.7 Å². The van der Waals surface area contributed by atoms with E-state index in [0.717, 1.165) is 0 Å². The molecule has 2 heterocycles. The molecule has 2 amide bonds. The average molecular weight is 405 g/mol. The van der Waals surface area contributed by atoms with Crippen LogP contribution < -0.4 is 5.32 Å². The van der Waals surface area contributed by atoms with Crippen LogP contribution in [0.5, 0.6) is 0 Å². The van der Waals surface area contributed by atoms with Crippen LogP contribution in [0.4, 0.5) is 4.79 Å². The number of benzene rings is 1. The quantitative estimate of drug-likeness (QED) is 0.589. The summed E-state index contributed by atoms with van der Waals surface area (Å²) in [6.45, 7) is 0.925. The number of ketones is 1. The van der Waals surface area contributed by atoms with Gasteiger partial charge in [-0.15, -0.1) is 0 Å². The molecule has 2 aromatic rings. The van der Waals surface area contributed by atoms with Gasteiger partial charge in [-0.05, 0) is 49.2 Å². The van der Waals surface area contributed by atoms with Gasteiger partial charge in [0.1, 0.15) is 5.76 Å². The molecule has 8 heteroatoms. The number of nitrogens with zero attached hydrogens (tertiary/aromatic N) is 1. The highest BCUT2D eigenvalue weighted by Gasteiger charge is 2.28. The molecular formula is C20H21ClN2O5. The second-order valence-corrected chi connectivity index (χ2v) is 6.97. The number of ether oxygens (including phenoxy) is 1. The number of esters is 1. The number of urea groups is 1. The SMILES string of the molecule is O=C(COC(=O)C1CCN(C(=O)NCc2ccco2)CC1)c1ccc(Cl)cc1. The van der Waals surface area contributed by atoms with Crippen molar-refractivity contribution in [2.75, 3.05) is 19.7 Å². The molecule has 1 aromatic carbocycles. The van der Waals surface area contributed by atoms with Crippen LogP contribution in [-0.2, 0) is 16.1 Å². The van der Waals surface area contributed by atoms with Crippen LogP contribution in [-0.4, -0.2) is 42.4 Å². The summed E-state index contributed by atoms with van der Waals surface area (Å²) in [6, 6.07) is 9.77. The summed E-state index contributed by atoms with van der Waals surface area (Å²) in [4.78, 5) is 38.1. The number of nitrogens with one attached hydrogen (secondary N) is 1. The fourth-order valence-electron chi connectivity index (χ4n) is 2.98. The maximum absolute atomic E-state index is 12.2. The standard InChI is InChI=1S/C20H21ClN2O5/c21-16-5-3-14(4-6-16)18(24)13-28-19(25)15-7-9-23(10-8-15)20(26)22-12-17-2-1-11-27-17/h1-6,11,15H,7-10,12-13H2,(H,22,26). The van der Waals surface area contributed by atoms with Crippen LogP contribution >= 0.6 is 11.6 Å². The largest absolute Gasteiger partial charge is 0.467 e. The molecule has 0 spiro atoms. The molecule has 0 bridgehead atoms. The van der Waals surface area contributed by atoms with Crippen LogP contribution in [0, 0.1) is 5.92 Å². The summed E-state index contributed by atoms with van der Waals surface area (Å²) < 4.78 is 10.3. The molecule has 1 N–H and O–H groups in total. The molecule has 1 fully saturated rings. The minimum atomic E-state index is -0.405. The van der Waals surface area contributed by atoms with Crippen molar-refractivity contribution in [1.82, 2.24) is 10.2 Å². The topological polar surface area (TPSA) is 88.9 Å². The first kappa shape index (κ1) is 19.9. The predicted octanol–water partition coefficient (Wildman–Crippen LogP) is 3.28. The van der Waals surface area contributed by atoms with Crippen molar-refractivity contribution in [3.05, 3.63) is 59.0 Å². The van der Waals surface area contributed by atoms with Crippen LogP contribution in [0.2, 0.25) is 5.02 Å². The normalized spacial score (nSPS) is 14.5. The lowest BCUT2D eigenvalue weighted by molar-refractivity contribution is -0.148. The number of amides is 2. The van der Waals surface area contributed by atoms with Crippen molar-refractivity contribution in [1.29, 1.82) is 0 Å². The zero-order chi connectivity index (χ0) is 19.9. The van der Waals surface area contributed by atoms with Crippen molar-refractivity contribution in [2.24, 2.45) is 5.92 Å². The number of hydrogen-bond donors (Lipinski definition) is 1. The molecular weight excluding hydrogens is 384 g/mol. The monoisotopic (exact) mass is 404 g/mol. The third kappa shape index (κ3) is 5.36. The molecule has 1 aliphatic rings. The number of carbonyl (C=O) groups excluding carboxylic acids is 3. The van der Waals surface area contributed by atoms with E-state index in [9.17, 15) is 14.4 Å². The summed E-state index contributed by atoms with van der Waals surface area (Å²) in [5.74, 6) is -0.318. The van der Waals surface area contributed by atoms with Crippen molar-refractivity contribution in [2.45, 2.75) is 19.4 Å². The van der Waals surface area contributed by atoms with E-state index in [2.05, 4.69) is 5.32 Å². The van der Waals surface area contributed by atoms with Gasteiger partial charge in [0.2, 0.25) is 0 Å². The van der Waals surface area contributed by atoms with Crippen molar-refractivity contribution in [3.8, 4) is 0 Å². The van der Waals surface area contributed by atoms with E-state index in [0.29, 0.717) is 48.8 Å². The Bertz CT molecular complexity index is 812. The minimum absolute atomic E-state index is 0.193. The van der Waals surface area contributed by atoms with E-state index >= 15 is 0 Å². The van der Waals surface area contributed by atoms with Gasteiger partial charge in [0.25, 0.3) is 0 Å². The minimum Gasteiger partial charge on any atom is -0.467 e. The van der Waals surface area contributed by atoms with Crippen molar-refractivity contribution >= 4 is 29.4 Å². The Morgan fingerprint density at radius 1 is 1.14 bits per heavy atom. The molecule has 3 rings (SSSR count). The van der Waals surface area contributed by atoms with Crippen molar-refractivity contribution in [3.63, 3.8) is 0 Å². The molecule has 1 aliphatic heterocycles. The lowest BCUT2D eigenvalue weighted by Crippen LogP contribution is -2.45. The van der Waals surface area contributed by atoms with Gasteiger partial charge < -0.3 is 19.4 Å². The van der Waals surface area contributed by atoms with Gasteiger partial charge in [-0.1, -0.05) is 11.6 Å². The maximum Gasteiger partial charge on any atom is 0.317 e. The number of Topliss-reactive ketones (excluding diaryl/α,β-unsaturated/α-hetero) is 1. The Hall–Kier alpha value is -2.80. The summed E-state index contributed by atoms with van der Waals surface area (Å²) >= 11 is 5.79. The molecule has 0 aliphatic carbocycles. The van der Waals surface area contributed by atoms with Gasteiger partial charge in [0, 0.05) is 23.7 Å². The summed E-state index contributed by atoms with van der Waals surface area (Å²) in [5, 5.41) is 3.32. The Morgan fingerprint density at radius 3 is 2.50 bits per heavy atom. The second-order valence-electron chi connectivity index (χ2n) is 6.54. The molecule has 0 unspecified atom stereocenters. The summed E-state index contributed by atoms with van der Waals surface area (Å²) in [5.41, 5.74) is 0.445. The number of likely N-dealkylation sites (tertiary alicyclic amines) is 1. The van der Waals surface area contributed by atoms with E-state index in [1.165, 1.54) is 0 Å². The number of hydrogen-bond acceptors (Lipinski definition) is 5. The Kier molecular flexibility index (Phi) is 6.71. The number of carbonyl (C=O) groups is 3. The zero-order valence-electron chi connectivity index (χ0n) is 15.2. The highest BCUT2D eigenvalue weighted by molar-refractivity contribution is 6.30. The average Bonchev–Trinajstić information content (AvgIpc) is 3.24. The first-order valence-electron chi connectivity index (χ1n) is 9.03. The third-order valence-corrected chi connectivity index (χ3v) is 4.87. The zero-order valence-corrected chi connectivity index (χ0v) is 16.0. The van der Waals surface area contributed by atoms with Crippen LogP contribution in [0.1, 0.15) is 29.0 Å². The summed E-state index contributed by atoms with van der Waals surface area (Å²) in [7, 11) is 0. The van der Waals surface area contributed by atoms with Crippen molar-refractivity contribution < 1.29 is 23.5 Å². The number of furan rings is 1. The molecule has 1 saturated heterocycles. The highest BCUT2D eigenvalue weighted by Crippen LogP contribution is 2.19. The van der Waals surface area contributed by atoms with Gasteiger partial charge in [-0.2, -0.15) is 0 Å². The van der Waals surface area contributed by atoms with E-state index in [1.807, 2.05) is 0 Å². The molecule has 0 saturated carbocycles. The van der Waals surface area contributed by atoms with Gasteiger partial charge in [-0.3, -0.25) is 9.59 Å². The first-order chi connectivity index (χ1) is 13.5. The molecule has 28 heavy (non-hydrogen) atoms. The number of halogens is 1. The van der Waals surface area contributed by atoms with Gasteiger partial charge >= 0.3 is 12.0 Å². The Balaban J connectivity index is 1.39. The maximum atomic E-state index is 12.2. The van der Waals surface area contributed by atoms with Gasteiger partial charge in [0.15, 0.2) is 12.4 Å². The number of rotatable bonds is 6. The molecule has 1 aromatic heterocycles. The second kappa shape index (κ2) is 9.41. The van der Waals surface area contributed by atoms with Crippen LogP contribution in [0.25, 0.3) is 0 Å².